The molecule has 1 aromatic heterocycles. The number of nitrogen functional groups attached to an aromatic ring is 1. The van der Waals surface area contributed by atoms with Crippen molar-refractivity contribution in [2.45, 2.75) is 13.5 Å². The standard InChI is InChI=1S/C15H19N3O/c1-11-14(16)8-9-15(17-11)18(2)10-12-4-6-13(19-3)7-5-12/h4-9H,10,16H2,1-3H3. The number of hydrogen-bond donors (Lipinski definition) is 1. The number of aryl methyl sites for hydroxylation is 1. The fourth-order valence-electron chi connectivity index (χ4n) is 1.86. The highest BCUT2D eigenvalue weighted by molar-refractivity contribution is 5.50. The number of ether oxygens (including phenoxy) is 1. The Hall–Kier alpha value is -2.23. The molecule has 1 aromatic carbocycles. The van der Waals surface area contributed by atoms with Gasteiger partial charge in [0.15, 0.2) is 0 Å². The number of nitrogens with zero attached hydrogens (tertiary/aromatic N) is 2. The second kappa shape index (κ2) is 5.61. The summed E-state index contributed by atoms with van der Waals surface area (Å²) < 4.78 is 5.15. The lowest BCUT2D eigenvalue weighted by molar-refractivity contribution is 0.414. The van der Waals surface area contributed by atoms with E-state index in [2.05, 4.69) is 22.0 Å². The number of pyridine rings is 1. The van der Waals surface area contributed by atoms with E-state index in [9.17, 15) is 0 Å². The highest BCUT2D eigenvalue weighted by Gasteiger charge is 2.05. The van der Waals surface area contributed by atoms with E-state index >= 15 is 0 Å². The van der Waals surface area contributed by atoms with E-state index in [4.69, 9.17) is 10.5 Å². The van der Waals surface area contributed by atoms with Gasteiger partial charge < -0.3 is 15.4 Å². The molecule has 0 saturated heterocycles. The van der Waals surface area contributed by atoms with Gasteiger partial charge >= 0.3 is 0 Å². The Morgan fingerprint density at radius 3 is 2.42 bits per heavy atom. The minimum atomic E-state index is 0.724. The number of rotatable bonds is 4. The van der Waals surface area contributed by atoms with Gasteiger partial charge in [-0.2, -0.15) is 0 Å². The van der Waals surface area contributed by atoms with Crippen LogP contribution in [-0.2, 0) is 6.54 Å². The van der Waals surface area contributed by atoms with Gasteiger partial charge in [-0.1, -0.05) is 12.1 Å². The molecular weight excluding hydrogens is 238 g/mol. The molecule has 100 valence electrons. The molecule has 0 fully saturated rings. The predicted octanol–water partition coefficient (Wildman–Crippen LogP) is 2.62. The first-order valence-corrected chi connectivity index (χ1v) is 6.17. The van der Waals surface area contributed by atoms with Crippen molar-refractivity contribution in [3.05, 3.63) is 47.7 Å². The van der Waals surface area contributed by atoms with Crippen LogP contribution in [0.25, 0.3) is 0 Å². The topological polar surface area (TPSA) is 51.4 Å². The van der Waals surface area contributed by atoms with Crippen molar-refractivity contribution in [1.29, 1.82) is 0 Å². The number of methoxy groups -OCH3 is 1. The number of nitrogens with two attached hydrogens (primary N) is 1. The number of anilines is 2. The highest BCUT2D eigenvalue weighted by atomic mass is 16.5. The van der Waals surface area contributed by atoms with Gasteiger partial charge in [-0.15, -0.1) is 0 Å². The maximum absolute atomic E-state index is 5.78. The van der Waals surface area contributed by atoms with Crippen molar-refractivity contribution in [3.8, 4) is 5.75 Å². The third kappa shape index (κ3) is 3.16. The molecule has 0 atom stereocenters. The molecule has 0 amide bonds. The summed E-state index contributed by atoms with van der Waals surface area (Å²) in [6, 6.07) is 11.9. The maximum Gasteiger partial charge on any atom is 0.128 e. The molecule has 1 heterocycles. The summed E-state index contributed by atoms with van der Waals surface area (Å²) >= 11 is 0. The zero-order chi connectivity index (χ0) is 13.8. The van der Waals surface area contributed by atoms with Crippen LogP contribution in [0.3, 0.4) is 0 Å². The molecule has 0 saturated carbocycles. The molecule has 0 radical (unpaired) electrons. The smallest absolute Gasteiger partial charge is 0.128 e. The van der Waals surface area contributed by atoms with Gasteiger partial charge in [0.25, 0.3) is 0 Å². The normalized spacial score (nSPS) is 10.3. The summed E-state index contributed by atoms with van der Waals surface area (Å²) in [6.45, 7) is 2.71. The summed E-state index contributed by atoms with van der Waals surface area (Å²) in [7, 11) is 3.68. The summed E-state index contributed by atoms with van der Waals surface area (Å²) in [5.74, 6) is 1.79. The number of aromatic nitrogens is 1. The monoisotopic (exact) mass is 257 g/mol. The van der Waals surface area contributed by atoms with E-state index in [0.29, 0.717) is 0 Å². The van der Waals surface area contributed by atoms with Gasteiger partial charge in [0.2, 0.25) is 0 Å². The first kappa shape index (κ1) is 13.2. The molecule has 0 spiro atoms. The average Bonchev–Trinajstić information content (AvgIpc) is 2.42. The summed E-state index contributed by atoms with van der Waals surface area (Å²) in [4.78, 5) is 6.57. The first-order valence-electron chi connectivity index (χ1n) is 6.17. The molecule has 4 nitrogen and oxygen atoms in total. The molecule has 2 aromatic rings. The van der Waals surface area contributed by atoms with Crippen LogP contribution in [0.4, 0.5) is 11.5 Å². The minimum absolute atomic E-state index is 0.724. The van der Waals surface area contributed by atoms with Crippen LogP contribution < -0.4 is 15.4 Å². The number of benzene rings is 1. The molecule has 4 heteroatoms. The second-order valence-electron chi connectivity index (χ2n) is 4.55. The maximum atomic E-state index is 5.78. The lowest BCUT2D eigenvalue weighted by Crippen LogP contribution is -2.18. The van der Waals surface area contributed by atoms with Gasteiger partial charge in [0.05, 0.1) is 18.5 Å². The van der Waals surface area contributed by atoms with Crippen molar-refractivity contribution in [1.82, 2.24) is 4.98 Å². The third-order valence-electron chi connectivity index (χ3n) is 3.08. The Kier molecular flexibility index (Phi) is 3.90. The predicted molar refractivity (Wildman–Crippen MR) is 78.5 cm³/mol. The van der Waals surface area contributed by atoms with Crippen LogP contribution >= 0.6 is 0 Å². The van der Waals surface area contributed by atoms with Gasteiger partial charge in [0.1, 0.15) is 11.6 Å². The van der Waals surface area contributed by atoms with Crippen LogP contribution in [0.5, 0.6) is 5.75 Å². The summed E-state index contributed by atoms with van der Waals surface area (Å²) in [5.41, 5.74) is 8.57. The van der Waals surface area contributed by atoms with E-state index in [1.165, 1.54) is 5.56 Å². The Morgan fingerprint density at radius 2 is 1.84 bits per heavy atom. The van der Waals surface area contributed by atoms with Gasteiger partial charge in [-0.25, -0.2) is 4.98 Å². The van der Waals surface area contributed by atoms with Crippen molar-refractivity contribution in [2.24, 2.45) is 0 Å². The quantitative estimate of drug-likeness (QED) is 0.914. The summed E-state index contributed by atoms with van der Waals surface area (Å²) in [6.07, 6.45) is 0. The van der Waals surface area contributed by atoms with E-state index < -0.39 is 0 Å². The molecule has 0 aliphatic heterocycles. The SMILES string of the molecule is COc1ccc(CN(C)c2ccc(N)c(C)n2)cc1. The van der Waals surface area contributed by atoms with E-state index in [-0.39, 0.29) is 0 Å². The van der Waals surface area contributed by atoms with E-state index in [1.54, 1.807) is 7.11 Å². The Bertz CT molecular complexity index is 552. The van der Waals surface area contributed by atoms with Crippen LogP contribution in [0.15, 0.2) is 36.4 Å². The Morgan fingerprint density at radius 1 is 1.16 bits per heavy atom. The van der Waals surface area contributed by atoms with Crippen LogP contribution in [0.2, 0.25) is 0 Å². The Labute approximate surface area is 113 Å². The first-order chi connectivity index (χ1) is 9.10. The molecule has 0 aliphatic carbocycles. The van der Waals surface area contributed by atoms with Crippen LogP contribution in [-0.4, -0.2) is 19.1 Å². The van der Waals surface area contributed by atoms with Crippen molar-refractivity contribution < 1.29 is 4.74 Å². The van der Waals surface area contributed by atoms with Crippen LogP contribution in [0, 0.1) is 6.92 Å². The lowest BCUT2D eigenvalue weighted by atomic mass is 10.2. The molecule has 2 rings (SSSR count). The zero-order valence-electron chi connectivity index (χ0n) is 11.6. The minimum Gasteiger partial charge on any atom is -0.497 e. The van der Waals surface area contributed by atoms with Crippen LogP contribution in [0.1, 0.15) is 11.3 Å². The highest BCUT2D eigenvalue weighted by Crippen LogP contribution is 2.18. The van der Waals surface area contributed by atoms with Gasteiger partial charge in [0, 0.05) is 13.6 Å². The largest absolute Gasteiger partial charge is 0.497 e. The molecule has 19 heavy (non-hydrogen) atoms. The molecular formula is C15H19N3O. The lowest BCUT2D eigenvalue weighted by Gasteiger charge is -2.19. The molecule has 0 aliphatic rings. The fourth-order valence-corrected chi connectivity index (χ4v) is 1.86. The van der Waals surface area contributed by atoms with E-state index in [0.717, 1.165) is 29.5 Å². The van der Waals surface area contributed by atoms with Crippen molar-refractivity contribution >= 4 is 11.5 Å². The average molecular weight is 257 g/mol. The van der Waals surface area contributed by atoms with Gasteiger partial charge in [-0.05, 0) is 36.8 Å². The Balaban J connectivity index is 2.10. The third-order valence-corrected chi connectivity index (χ3v) is 3.08. The molecule has 0 bridgehead atoms. The van der Waals surface area contributed by atoms with Gasteiger partial charge in [-0.3, -0.25) is 0 Å². The zero-order valence-corrected chi connectivity index (χ0v) is 11.6. The fraction of sp³-hybridized carbons (Fsp3) is 0.267. The second-order valence-corrected chi connectivity index (χ2v) is 4.55. The van der Waals surface area contributed by atoms with Crippen molar-refractivity contribution in [2.75, 3.05) is 24.8 Å². The number of hydrogen-bond acceptors (Lipinski definition) is 4. The molecule has 0 unspecified atom stereocenters. The summed E-state index contributed by atoms with van der Waals surface area (Å²) in [5, 5.41) is 0. The molecule has 2 N–H and O–H groups in total. The van der Waals surface area contributed by atoms with E-state index in [1.807, 2.05) is 38.2 Å². The van der Waals surface area contributed by atoms with Crippen molar-refractivity contribution in [3.63, 3.8) is 0 Å².